The van der Waals surface area contributed by atoms with Crippen molar-refractivity contribution in [1.82, 2.24) is 10.2 Å². The maximum Gasteiger partial charge on any atom is 0.245 e. The molecule has 19 heavy (non-hydrogen) atoms. The van der Waals surface area contributed by atoms with Gasteiger partial charge in [0.1, 0.15) is 6.04 Å². The minimum Gasteiger partial charge on any atom is -0.343 e. The highest BCUT2D eigenvalue weighted by atomic mass is 16.2. The van der Waals surface area contributed by atoms with Crippen LogP contribution in [0.25, 0.3) is 0 Å². The maximum atomic E-state index is 12.3. The Labute approximate surface area is 116 Å². The zero-order valence-electron chi connectivity index (χ0n) is 12.7. The van der Waals surface area contributed by atoms with E-state index in [0.29, 0.717) is 5.92 Å². The molecule has 4 nitrogen and oxygen atoms in total. The Morgan fingerprint density at radius 3 is 2.53 bits per heavy atom. The fourth-order valence-electron chi connectivity index (χ4n) is 2.57. The van der Waals surface area contributed by atoms with Gasteiger partial charge in [-0.3, -0.25) is 9.59 Å². The standard InChI is InChI=1S/C15H28N2O2/c1-5-7-13-15(19)17(10-14(18)16-13)12(4)9-6-8-11(2)3/h11-13H,5-10H2,1-4H3,(H,16,18). The monoisotopic (exact) mass is 268 g/mol. The number of nitrogens with one attached hydrogen (secondary N) is 1. The molecule has 0 spiro atoms. The van der Waals surface area contributed by atoms with Crippen molar-refractivity contribution in [3.8, 4) is 0 Å². The van der Waals surface area contributed by atoms with Crippen molar-refractivity contribution in [2.45, 2.75) is 71.9 Å². The highest BCUT2D eigenvalue weighted by molar-refractivity contribution is 5.94. The van der Waals surface area contributed by atoms with Gasteiger partial charge in [-0.05, 0) is 25.7 Å². The van der Waals surface area contributed by atoms with Crippen molar-refractivity contribution in [2.24, 2.45) is 5.92 Å². The van der Waals surface area contributed by atoms with Crippen molar-refractivity contribution in [3.05, 3.63) is 0 Å². The number of nitrogens with zero attached hydrogens (tertiary/aromatic N) is 1. The summed E-state index contributed by atoms with van der Waals surface area (Å²) in [6.07, 6.45) is 4.92. The van der Waals surface area contributed by atoms with Crippen LogP contribution in [0.4, 0.5) is 0 Å². The summed E-state index contributed by atoms with van der Waals surface area (Å²) in [5.41, 5.74) is 0. The lowest BCUT2D eigenvalue weighted by atomic mass is 10.0. The first-order valence-electron chi connectivity index (χ1n) is 7.55. The lowest BCUT2D eigenvalue weighted by Gasteiger charge is -2.36. The minimum atomic E-state index is -0.307. The van der Waals surface area contributed by atoms with Crippen LogP contribution in [0.5, 0.6) is 0 Å². The van der Waals surface area contributed by atoms with Crippen molar-refractivity contribution in [3.63, 3.8) is 0 Å². The van der Waals surface area contributed by atoms with Gasteiger partial charge in [-0.1, -0.05) is 40.0 Å². The third kappa shape index (κ3) is 4.84. The van der Waals surface area contributed by atoms with Crippen LogP contribution < -0.4 is 5.32 Å². The molecular formula is C15H28N2O2. The third-order valence-corrected chi connectivity index (χ3v) is 3.74. The first-order chi connectivity index (χ1) is 8.95. The number of amides is 2. The Hall–Kier alpha value is -1.06. The molecule has 0 aromatic heterocycles. The van der Waals surface area contributed by atoms with Crippen LogP contribution in [-0.2, 0) is 9.59 Å². The molecule has 0 aromatic rings. The first-order valence-corrected chi connectivity index (χ1v) is 7.55. The lowest BCUT2D eigenvalue weighted by molar-refractivity contribution is -0.146. The molecule has 2 unspecified atom stereocenters. The van der Waals surface area contributed by atoms with Gasteiger partial charge in [0.05, 0.1) is 6.54 Å². The molecule has 110 valence electrons. The SMILES string of the molecule is CCCC1NC(=O)CN(C(C)CCCC(C)C)C1=O. The molecule has 0 aromatic carbocycles. The summed E-state index contributed by atoms with van der Waals surface area (Å²) in [5, 5.41) is 2.80. The highest BCUT2D eigenvalue weighted by Crippen LogP contribution is 2.16. The van der Waals surface area contributed by atoms with Gasteiger partial charge in [-0.15, -0.1) is 0 Å². The van der Waals surface area contributed by atoms with Crippen LogP contribution >= 0.6 is 0 Å². The predicted octanol–water partition coefficient (Wildman–Crippen LogP) is 2.33. The Bertz CT molecular complexity index is 315. The van der Waals surface area contributed by atoms with Gasteiger partial charge < -0.3 is 10.2 Å². The number of piperazine rings is 1. The van der Waals surface area contributed by atoms with Crippen molar-refractivity contribution >= 4 is 11.8 Å². The largest absolute Gasteiger partial charge is 0.343 e. The van der Waals surface area contributed by atoms with Gasteiger partial charge >= 0.3 is 0 Å². The molecule has 1 fully saturated rings. The normalized spacial score (nSPS) is 21.7. The summed E-state index contributed by atoms with van der Waals surface area (Å²) in [6.45, 7) is 8.73. The Balaban J connectivity index is 2.54. The second-order valence-electron chi connectivity index (χ2n) is 6.05. The van der Waals surface area contributed by atoms with Crippen molar-refractivity contribution in [1.29, 1.82) is 0 Å². The average molecular weight is 268 g/mol. The molecule has 0 aliphatic carbocycles. The van der Waals surface area contributed by atoms with Crippen LogP contribution in [0.1, 0.15) is 59.8 Å². The molecule has 0 saturated carbocycles. The van der Waals surface area contributed by atoms with Gasteiger partial charge in [0.15, 0.2) is 0 Å². The van der Waals surface area contributed by atoms with E-state index in [4.69, 9.17) is 0 Å². The number of carbonyl (C=O) groups excluding carboxylic acids is 2. The van der Waals surface area contributed by atoms with Crippen LogP contribution in [0.3, 0.4) is 0 Å². The summed E-state index contributed by atoms with van der Waals surface area (Å²) in [5.74, 6) is 0.771. The maximum absolute atomic E-state index is 12.3. The average Bonchev–Trinajstić information content (AvgIpc) is 2.33. The van der Waals surface area contributed by atoms with E-state index in [1.165, 1.54) is 6.42 Å². The molecule has 0 bridgehead atoms. The van der Waals surface area contributed by atoms with Gasteiger partial charge in [0, 0.05) is 6.04 Å². The number of rotatable bonds is 7. The summed E-state index contributed by atoms with van der Waals surface area (Å²) >= 11 is 0. The summed E-state index contributed by atoms with van der Waals surface area (Å²) in [4.78, 5) is 25.8. The molecule has 4 heteroatoms. The van der Waals surface area contributed by atoms with E-state index >= 15 is 0 Å². The van der Waals surface area contributed by atoms with Crippen LogP contribution in [0.2, 0.25) is 0 Å². The fourth-order valence-corrected chi connectivity index (χ4v) is 2.57. The fraction of sp³-hybridized carbons (Fsp3) is 0.867. The van der Waals surface area contributed by atoms with E-state index in [2.05, 4.69) is 26.1 Å². The third-order valence-electron chi connectivity index (χ3n) is 3.74. The first kappa shape index (κ1) is 16.0. The second-order valence-corrected chi connectivity index (χ2v) is 6.05. The zero-order chi connectivity index (χ0) is 14.4. The number of hydrogen-bond acceptors (Lipinski definition) is 2. The summed E-state index contributed by atoms with van der Waals surface area (Å²) < 4.78 is 0. The number of hydrogen-bond donors (Lipinski definition) is 1. The topological polar surface area (TPSA) is 49.4 Å². The zero-order valence-corrected chi connectivity index (χ0v) is 12.7. The molecule has 1 heterocycles. The molecule has 1 saturated heterocycles. The molecule has 2 atom stereocenters. The van der Waals surface area contributed by atoms with Crippen LogP contribution in [0, 0.1) is 5.92 Å². The van der Waals surface area contributed by atoms with E-state index in [1.807, 2.05) is 6.92 Å². The molecule has 1 N–H and O–H groups in total. The van der Waals surface area contributed by atoms with Crippen molar-refractivity contribution < 1.29 is 9.59 Å². The summed E-state index contributed by atoms with van der Waals surface area (Å²) in [7, 11) is 0. The van der Waals surface area contributed by atoms with Crippen LogP contribution in [-0.4, -0.2) is 35.3 Å². The second kappa shape index (κ2) is 7.51. The Morgan fingerprint density at radius 2 is 1.95 bits per heavy atom. The van der Waals surface area contributed by atoms with Gasteiger partial charge in [0.2, 0.25) is 11.8 Å². The predicted molar refractivity (Wildman–Crippen MR) is 76.7 cm³/mol. The molecule has 1 rings (SSSR count). The van der Waals surface area contributed by atoms with Gasteiger partial charge in [-0.2, -0.15) is 0 Å². The molecular weight excluding hydrogens is 240 g/mol. The van der Waals surface area contributed by atoms with Crippen LogP contribution in [0.15, 0.2) is 0 Å². The number of carbonyl (C=O) groups is 2. The van der Waals surface area contributed by atoms with Gasteiger partial charge in [-0.25, -0.2) is 0 Å². The van der Waals surface area contributed by atoms with E-state index in [9.17, 15) is 9.59 Å². The molecule has 0 radical (unpaired) electrons. The Morgan fingerprint density at radius 1 is 1.26 bits per heavy atom. The smallest absolute Gasteiger partial charge is 0.245 e. The highest BCUT2D eigenvalue weighted by Gasteiger charge is 2.34. The lowest BCUT2D eigenvalue weighted by Crippen LogP contribution is -2.60. The van der Waals surface area contributed by atoms with E-state index in [0.717, 1.165) is 25.7 Å². The quantitative estimate of drug-likeness (QED) is 0.770. The van der Waals surface area contributed by atoms with Crippen molar-refractivity contribution in [2.75, 3.05) is 6.54 Å². The van der Waals surface area contributed by atoms with Gasteiger partial charge in [0.25, 0.3) is 0 Å². The van der Waals surface area contributed by atoms with E-state index in [-0.39, 0.29) is 30.4 Å². The van der Waals surface area contributed by atoms with E-state index in [1.54, 1.807) is 4.90 Å². The Kier molecular flexibility index (Phi) is 6.32. The molecule has 1 aliphatic rings. The minimum absolute atomic E-state index is 0.0197. The van der Waals surface area contributed by atoms with E-state index < -0.39 is 0 Å². The summed E-state index contributed by atoms with van der Waals surface area (Å²) in [6, 6.07) is -0.143. The molecule has 2 amide bonds. The molecule has 1 aliphatic heterocycles.